The van der Waals surface area contributed by atoms with E-state index in [9.17, 15) is 0 Å². The topological polar surface area (TPSA) is 60.7 Å². The molecule has 0 saturated heterocycles. The maximum absolute atomic E-state index is 8.26. The van der Waals surface area contributed by atoms with Crippen molar-refractivity contribution in [2.24, 2.45) is 0 Å². The van der Waals surface area contributed by atoms with Gasteiger partial charge in [0.05, 0.1) is 12.4 Å². The zero-order valence-electron chi connectivity index (χ0n) is 3.54. The van der Waals surface area contributed by atoms with Gasteiger partial charge in [-0.3, -0.25) is 9.11 Å². The van der Waals surface area contributed by atoms with Crippen molar-refractivity contribution in [1.82, 2.24) is 0 Å². The summed E-state index contributed by atoms with van der Waals surface area (Å²) in [6.07, 6.45) is 0. The minimum atomic E-state index is -2.95. The van der Waals surface area contributed by atoms with Gasteiger partial charge in [0.1, 0.15) is 0 Å². The van der Waals surface area contributed by atoms with Crippen LogP contribution in [0.4, 0.5) is 0 Å². The highest BCUT2D eigenvalue weighted by molar-refractivity contribution is 8.43. The number of aliphatic hydroxyl groups excluding tert-OH is 1. The Labute approximate surface area is 47.8 Å². The summed E-state index contributed by atoms with van der Waals surface area (Å²) in [6, 6.07) is 0. The first-order valence-corrected chi connectivity index (χ1v) is 4.17. The van der Waals surface area contributed by atoms with Gasteiger partial charge >= 0.3 is 0 Å². The van der Waals surface area contributed by atoms with Crippen molar-refractivity contribution in [1.29, 1.82) is 0 Å². The molecule has 5 heteroatoms. The van der Waals surface area contributed by atoms with Crippen LogP contribution in [0.25, 0.3) is 0 Å². The van der Waals surface area contributed by atoms with Crippen LogP contribution >= 0.6 is 20.5 Å². The molecule has 0 heterocycles. The molecule has 0 aromatic rings. The van der Waals surface area contributed by atoms with Crippen LogP contribution in [0.3, 0.4) is 0 Å². The first kappa shape index (κ1) is 7.52. The lowest BCUT2D eigenvalue weighted by molar-refractivity contribution is 0.316. The molecule has 0 aliphatic carbocycles. The fourth-order valence-electron chi connectivity index (χ4n) is 0.116. The molecule has 0 aromatic heterocycles. The molecule has 0 fully saturated rings. The molecule has 0 bridgehead atoms. The number of aliphatic hydroxyl groups is 1. The summed E-state index contributed by atoms with van der Waals surface area (Å²) in [5.74, 6) is -0.144. The Bertz CT molecular complexity index is 51.4. The molecule has 0 aromatic carbocycles. The van der Waals surface area contributed by atoms with E-state index in [1.807, 2.05) is 0 Å². The number of hydrogen-bond acceptors (Lipinski definition) is 3. The maximum atomic E-state index is 8.26. The van der Waals surface area contributed by atoms with Crippen molar-refractivity contribution in [2.75, 3.05) is 12.4 Å². The molecule has 0 spiro atoms. The van der Waals surface area contributed by atoms with Crippen molar-refractivity contribution in [3.8, 4) is 0 Å². The average molecular weight is 147 g/mol. The minimum Gasteiger partial charge on any atom is -0.395 e. The molecule has 0 atom stereocenters. The maximum Gasteiger partial charge on any atom is 0.0767 e. The van der Waals surface area contributed by atoms with E-state index in [1.165, 1.54) is 0 Å². The van der Waals surface area contributed by atoms with E-state index in [2.05, 4.69) is 0 Å². The molecule has 0 rings (SSSR count). The fourth-order valence-corrected chi connectivity index (χ4v) is 0.555. The van der Waals surface area contributed by atoms with E-state index >= 15 is 0 Å². The molecular formula is C2H7ClO3S. The normalized spacial score (nSPS) is 14.3. The Morgan fingerprint density at radius 2 is 1.86 bits per heavy atom. The third kappa shape index (κ3) is 6.52. The van der Waals surface area contributed by atoms with Gasteiger partial charge in [0.25, 0.3) is 0 Å². The Hall–Kier alpha value is 0.520. The highest BCUT2D eigenvalue weighted by Gasteiger charge is 2.03. The molecule has 3 N–H and O–H groups in total. The van der Waals surface area contributed by atoms with Gasteiger partial charge in [-0.25, -0.2) is 0 Å². The molecular weight excluding hydrogens is 140 g/mol. The second-order valence-electron chi connectivity index (χ2n) is 1.01. The van der Waals surface area contributed by atoms with Crippen molar-refractivity contribution < 1.29 is 14.2 Å². The van der Waals surface area contributed by atoms with Gasteiger partial charge in [-0.15, -0.1) is 9.80 Å². The monoisotopic (exact) mass is 146 g/mol. The second-order valence-corrected chi connectivity index (χ2v) is 4.08. The van der Waals surface area contributed by atoms with Crippen LogP contribution < -0.4 is 0 Å². The van der Waals surface area contributed by atoms with Crippen molar-refractivity contribution in [3.05, 3.63) is 0 Å². The highest BCUT2D eigenvalue weighted by atomic mass is 35.7. The van der Waals surface area contributed by atoms with Crippen LogP contribution in [0.1, 0.15) is 0 Å². The lowest BCUT2D eigenvalue weighted by Gasteiger charge is -2.20. The summed E-state index contributed by atoms with van der Waals surface area (Å²) in [5.41, 5.74) is 0. The molecule has 0 aliphatic heterocycles. The summed E-state index contributed by atoms with van der Waals surface area (Å²) in [5, 5.41) is 8.02. The van der Waals surface area contributed by atoms with Crippen molar-refractivity contribution in [3.63, 3.8) is 0 Å². The summed E-state index contributed by atoms with van der Waals surface area (Å²) in [7, 11) is 1.92. The van der Waals surface area contributed by atoms with Gasteiger partial charge in [-0.05, 0) is 0 Å². The van der Waals surface area contributed by atoms with Gasteiger partial charge in [-0.2, -0.15) is 0 Å². The zero-order chi connectivity index (χ0) is 5.91. The van der Waals surface area contributed by atoms with Gasteiger partial charge in [-0.1, -0.05) is 0 Å². The molecule has 3 nitrogen and oxygen atoms in total. The van der Waals surface area contributed by atoms with E-state index in [-0.39, 0.29) is 12.4 Å². The van der Waals surface area contributed by atoms with Gasteiger partial charge < -0.3 is 5.11 Å². The predicted molar refractivity (Wildman–Crippen MR) is 30.7 cm³/mol. The summed E-state index contributed by atoms with van der Waals surface area (Å²) >= 11 is 0. The Morgan fingerprint density at radius 1 is 1.43 bits per heavy atom. The van der Waals surface area contributed by atoms with Crippen LogP contribution in [0.15, 0.2) is 0 Å². The van der Waals surface area contributed by atoms with E-state index in [0.29, 0.717) is 0 Å². The summed E-state index contributed by atoms with van der Waals surface area (Å²) in [6.45, 7) is -0.286. The van der Waals surface area contributed by atoms with Gasteiger partial charge in [0, 0.05) is 10.7 Å². The second kappa shape index (κ2) is 2.74. The predicted octanol–water partition coefficient (Wildman–Crippen LogP) is 0.883. The standard InChI is InChI=1S/C2H7ClO3S/c3-7(5,6)2-1-4/h4-6H,1-2H2. The third-order valence-electron chi connectivity index (χ3n) is 0.351. The van der Waals surface area contributed by atoms with Gasteiger partial charge in [0.15, 0.2) is 0 Å². The van der Waals surface area contributed by atoms with Crippen molar-refractivity contribution >= 4 is 20.5 Å². The van der Waals surface area contributed by atoms with Gasteiger partial charge in [0.2, 0.25) is 0 Å². The summed E-state index contributed by atoms with van der Waals surface area (Å²) < 4.78 is 16.5. The van der Waals surface area contributed by atoms with E-state index in [4.69, 9.17) is 24.9 Å². The third-order valence-corrected chi connectivity index (χ3v) is 1.52. The fraction of sp³-hybridized carbons (Fsp3) is 1.00. The van der Waals surface area contributed by atoms with Crippen LogP contribution in [-0.2, 0) is 0 Å². The van der Waals surface area contributed by atoms with Crippen LogP contribution in [0.2, 0.25) is 0 Å². The summed E-state index contributed by atoms with van der Waals surface area (Å²) in [4.78, 5) is 0. The largest absolute Gasteiger partial charge is 0.395 e. The molecule has 0 amide bonds. The Kier molecular flexibility index (Phi) is 2.94. The Morgan fingerprint density at radius 3 is 1.86 bits per heavy atom. The first-order chi connectivity index (χ1) is 3.06. The van der Waals surface area contributed by atoms with E-state index in [1.54, 1.807) is 0 Å². The SMILES string of the molecule is OCCS(O)(O)Cl. The van der Waals surface area contributed by atoms with E-state index in [0.717, 1.165) is 0 Å². The molecule has 0 radical (unpaired) electrons. The average Bonchev–Trinajstić information content (AvgIpc) is 1.30. The number of halogens is 1. The van der Waals surface area contributed by atoms with E-state index < -0.39 is 9.80 Å². The smallest absolute Gasteiger partial charge is 0.0767 e. The van der Waals surface area contributed by atoms with Crippen LogP contribution in [-0.4, -0.2) is 26.6 Å². The molecule has 0 saturated carbocycles. The number of rotatable bonds is 2. The quantitative estimate of drug-likeness (QED) is 0.542. The van der Waals surface area contributed by atoms with Crippen LogP contribution in [0.5, 0.6) is 0 Å². The van der Waals surface area contributed by atoms with Crippen molar-refractivity contribution in [2.45, 2.75) is 0 Å². The lowest BCUT2D eigenvalue weighted by atomic mass is 10.9. The zero-order valence-corrected chi connectivity index (χ0v) is 5.11. The Balaban J connectivity index is 3.15. The van der Waals surface area contributed by atoms with Crippen LogP contribution in [0, 0.1) is 0 Å². The molecule has 0 unspecified atom stereocenters. The minimum absolute atomic E-state index is 0.144. The first-order valence-electron chi connectivity index (χ1n) is 1.62. The molecule has 0 aliphatic rings. The highest BCUT2D eigenvalue weighted by Crippen LogP contribution is 2.42. The number of hydrogen-bond donors (Lipinski definition) is 3. The molecule has 7 heavy (non-hydrogen) atoms. The molecule has 46 valence electrons. The lowest BCUT2D eigenvalue weighted by Crippen LogP contribution is -1.98.